The number of hydrogen-bond donors (Lipinski definition) is 2. The highest BCUT2D eigenvalue weighted by Crippen LogP contribution is 2.22. The van der Waals surface area contributed by atoms with Gasteiger partial charge in [-0.05, 0) is 17.7 Å². The molecule has 5 nitrogen and oxygen atoms in total. The van der Waals surface area contributed by atoms with Crippen LogP contribution in [0.5, 0.6) is 0 Å². The van der Waals surface area contributed by atoms with Crippen LogP contribution in [0.4, 0.5) is 13.9 Å². The van der Waals surface area contributed by atoms with Gasteiger partial charge in [-0.15, -0.1) is 23.7 Å². The predicted molar refractivity (Wildman–Crippen MR) is 87.0 cm³/mol. The molecule has 9 heteroatoms. The van der Waals surface area contributed by atoms with Crippen molar-refractivity contribution in [2.24, 2.45) is 5.73 Å². The first-order chi connectivity index (χ1) is 10.5. The zero-order chi connectivity index (χ0) is 16.1. The lowest BCUT2D eigenvalue weighted by Crippen LogP contribution is -2.39. The fourth-order valence-corrected chi connectivity index (χ4v) is 2.60. The van der Waals surface area contributed by atoms with Gasteiger partial charge in [0, 0.05) is 24.6 Å². The van der Waals surface area contributed by atoms with Crippen LogP contribution in [-0.4, -0.2) is 30.6 Å². The normalized spacial score (nSPS) is 11.7. The summed E-state index contributed by atoms with van der Waals surface area (Å²) in [6, 6.07) is 2.95. The molecule has 23 heavy (non-hydrogen) atoms. The standard InChI is InChI=1S/C14H15F2N3O2S.ClH/c1-21-7-12(17)13(20)19-14-18-6-9(22-14)4-8-2-3-10(15)11(16)5-8;/h2-3,5-6,12H,4,7,17H2,1H3,(H,18,19,20);1H. The number of rotatable bonds is 6. The SMILES string of the molecule is COCC(N)C(=O)Nc1ncc(Cc2ccc(F)c(F)c2)s1.Cl. The Balaban J connectivity index is 0.00000264. The van der Waals surface area contributed by atoms with Gasteiger partial charge in [-0.1, -0.05) is 6.07 Å². The minimum Gasteiger partial charge on any atom is -0.383 e. The number of methoxy groups -OCH3 is 1. The van der Waals surface area contributed by atoms with Gasteiger partial charge < -0.3 is 15.8 Å². The number of carbonyl (C=O) groups excluding carboxylic acids is 1. The average molecular weight is 364 g/mol. The topological polar surface area (TPSA) is 77.2 Å². The molecular weight excluding hydrogens is 348 g/mol. The van der Waals surface area contributed by atoms with Crippen LogP contribution >= 0.6 is 23.7 Å². The molecule has 0 aliphatic heterocycles. The molecule has 0 saturated carbocycles. The van der Waals surface area contributed by atoms with Crippen LogP contribution in [0, 0.1) is 11.6 Å². The van der Waals surface area contributed by atoms with E-state index < -0.39 is 23.6 Å². The fraction of sp³-hybridized carbons (Fsp3) is 0.286. The van der Waals surface area contributed by atoms with Gasteiger partial charge in [0.05, 0.1) is 6.61 Å². The molecule has 0 aliphatic carbocycles. The molecule has 0 fully saturated rings. The minimum atomic E-state index is -0.888. The molecule has 1 aromatic carbocycles. The van der Waals surface area contributed by atoms with Crippen LogP contribution in [0.1, 0.15) is 10.4 Å². The Morgan fingerprint density at radius 1 is 1.43 bits per heavy atom. The molecule has 1 heterocycles. The summed E-state index contributed by atoms with van der Waals surface area (Å²) in [6.45, 7) is 0.110. The van der Waals surface area contributed by atoms with E-state index in [2.05, 4.69) is 10.3 Å². The molecule has 1 amide bonds. The highest BCUT2D eigenvalue weighted by atomic mass is 35.5. The van der Waals surface area contributed by atoms with Crippen LogP contribution in [0.15, 0.2) is 24.4 Å². The maximum atomic E-state index is 13.2. The van der Waals surface area contributed by atoms with Gasteiger partial charge in [0.1, 0.15) is 6.04 Å². The summed E-state index contributed by atoms with van der Waals surface area (Å²) in [5.74, 6) is -2.16. The molecule has 0 aliphatic rings. The Labute approximate surface area is 142 Å². The van der Waals surface area contributed by atoms with Gasteiger partial charge in [0.2, 0.25) is 5.91 Å². The summed E-state index contributed by atoms with van der Waals surface area (Å²) in [7, 11) is 1.45. The average Bonchev–Trinajstić information content (AvgIpc) is 2.90. The maximum Gasteiger partial charge on any atom is 0.245 e. The summed E-state index contributed by atoms with van der Waals surface area (Å²) in [6.07, 6.45) is 1.97. The quantitative estimate of drug-likeness (QED) is 0.825. The third kappa shape index (κ3) is 5.51. The van der Waals surface area contributed by atoms with Gasteiger partial charge in [-0.2, -0.15) is 0 Å². The highest BCUT2D eigenvalue weighted by molar-refractivity contribution is 7.15. The Morgan fingerprint density at radius 3 is 2.83 bits per heavy atom. The third-order valence-corrected chi connectivity index (χ3v) is 3.74. The molecule has 126 valence electrons. The van der Waals surface area contributed by atoms with E-state index in [-0.39, 0.29) is 19.0 Å². The van der Waals surface area contributed by atoms with Crippen molar-refractivity contribution in [2.45, 2.75) is 12.5 Å². The van der Waals surface area contributed by atoms with E-state index in [1.54, 1.807) is 6.20 Å². The van der Waals surface area contributed by atoms with Crippen molar-refractivity contribution in [3.63, 3.8) is 0 Å². The van der Waals surface area contributed by atoms with E-state index in [9.17, 15) is 13.6 Å². The van der Waals surface area contributed by atoms with Crippen molar-refractivity contribution in [3.8, 4) is 0 Å². The lowest BCUT2D eigenvalue weighted by molar-refractivity contribution is -0.118. The van der Waals surface area contributed by atoms with Gasteiger partial charge in [0.15, 0.2) is 16.8 Å². The second kappa shape index (κ2) is 8.88. The summed E-state index contributed by atoms with van der Waals surface area (Å²) in [4.78, 5) is 16.6. The second-order valence-corrected chi connectivity index (χ2v) is 5.72. The summed E-state index contributed by atoms with van der Waals surface area (Å²) >= 11 is 1.25. The van der Waals surface area contributed by atoms with Gasteiger partial charge in [-0.3, -0.25) is 4.79 Å². The maximum absolute atomic E-state index is 13.2. The Kier molecular flexibility index (Phi) is 7.50. The summed E-state index contributed by atoms with van der Waals surface area (Å²) < 4.78 is 30.8. The predicted octanol–water partition coefficient (Wildman–Crippen LogP) is 2.35. The van der Waals surface area contributed by atoms with E-state index in [0.717, 1.165) is 17.0 Å². The molecule has 3 N–H and O–H groups in total. The Bertz CT molecular complexity index is 669. The fourth-order valence-electron chi connectivity index (χ4n) is 1.75. The number of nitrogens with zero attached hydrogens (tertiary/aromatic N) is 1. The van der Waals surface area contributed by atoms with Gasteiger partial charge in [0.25, 0.3) is 0 Å². The molecule has 0 saturated heterocycles. The summed E-state index contributed by atoms with van der Waals surface area (Å²) in [5, 5.41) is 2.98. The lowest BCUT2D eigenvalue weighted by Gasteiger charge is -2.08. The van der Waals surface area contributed by atoms with Crippen molar-refractivity contribution >= 4 is 34.8 Å². The number of carbonyl (C=O) groups is 1. The van der Waals surface area contributed by atoms with E-state index in [4.69, 9.17) is 10.5 Å². The summed E-state index contributed by atoms with van der Waals surface area (Å²) in [5.41, 5.74) is 6.22. The van der Waals surface area contributed by atoms with Crippen LogP contribution in [-0.2, 0) is 16.0 Å². The number of nitrogens with two attached hydrogens (primary N) is 1. The van der Waals surface area contributed by atoms with Crippen LogP contribution < -0.4 is 11.1 Å². The molecule has 0 bridgehead atoms. The number of anilines is 1. The van der Waals surface area contributed by atoms with Crippen LogP contribution in [0.3, 0.4) is 0 Å². The van der Waals surface area contributed by atoms with Crippen molar-refractivity contribution in [2.75, 3.05) is 19.0 Å². The van der Waals surface area contributed by atoms with Gasteiger partial charge >= 0.3 is 0 Å². The van der Waals surface area contributed by atoms with Crippen LogP contribution in [0.25, 0.3) is 0 Å². The number of hydrogen-bond acceptors (Lipinski definition) is 5. The number of thiazole rings is 1. The molecule has 0 spiro atoms. The Morgan fingerprint density at radius 2 is 2.17 bits per heavy atom. The first-order valence-corrected chi connectivity index (χ1v) is 7.25. The molecule has 0 radical (unpaired) electrons. The zero-order valence-electron chi connectivity index (χ0n) is 12.2. The molecule has 2 rings (SSSR count). The molecular formula is C14H16ClF2N3O2S. The van der Waals surface area contributed by atoms with Gasteiger partial charge in [-0.25, -0.2) is 13.8 Å². The van der Waals surface area contributed by atoms with E-state index in [1.165, 1.54) is 24.5 Å². The first-order valence-electron chi connectivity index (χ1n) is 6.43. The molecule has 1 aromatic heterocycles. The van der Waals surface area contributed by atoms with Crippen molar-refractivity contribution < 1.29 is 18.3 Å². The second-order valence-electron chi connectivity index (χ2n) is 4.61. The number of benzene rings is 1. The monoisotopic (exact) mass is 363 g/mol. The minimum absolute atomic E-state index is 0. The molecule has 1 atom stereocenters. The number of amides is 1. The smallest absolute Gasteiger partial charge is 0.245 e. The van der Waals surface area contributed by atoms with E-state index in [0.29, 0.717) is 17.1 Å². The Hall–Kier alpha value is -1.61. The number of ether oxygens (including phenoxy) is 1. The molecule has 1 unspecified atom stereocenters. The number of nitrogens with one attached hydrogen (secondary N) is 1. The third-order valence-electron chi connectivity index (χ3n) is 2.83. The highest BCUT2D eigenvalue weighted by Gasteiger charge is 2.15. The largest absolute Gasteiger partial charge is 0.383 e. The van der Waals surface area contributed by atoms with E-state index in [1.807, 2.05) is 0 Å². The first kappa shape index (κ1) is 19.4. The number of aromatic nitrogens is 1. The van der Waals surface area contributed by atoms with E-state index >= 15 is 0 Å². The van der Waals surface area contributed by atoms with Crippen molar-refractivity contribution in [3.05, 3.63) is 46.5 Å². The lowest BCUT2D eigenvalue weighted by atomic mass is 10.1. The van der Waals surface area contributed by atoms with Crippen molar-refractivity contribution in [1.29, 1.82) is 0 Å². The molecule has 2 aromatic rings. The zero-order valence-corrected chi connectivity index (χ0v) is 13.8. The number of halogens is 3. The van der Waals surface area contributed by atoms with Crippen LogP contribution in [0.2, 0.25) is 0 Å². The van der Waals surface area contributed by atoms with Crippen molar-refractivity contribution in [1.82, 2.24) is 4.98 Å².